The molecule has 0 fully saturated rings. The first kappa shape index (κ1) is 19.4. The molecule has 0 unspecified atom stereocenters. The van der Waals surface area contributed by atoms with E-state index in [4.69, 9.17) is 21.7 Å². The van der Waals surface area contributed by atoms with Crippen molar-refractivity contribution in [3.8, 4) is 5.75 Å². The van der Waals surface area contributed by atoms with E-state index in [1.165, 1.54) is 0 Å². The second kappa shape index (κ2) is 10.1. The van der Waals surface area contributed by atoms with Gasteiger partial charge >= 0.3 is 5.97 Å². The molecule has 26 heavy (non-hydrogen) atoms. The quantitative estimate of drug-likeness (QED) is 0.352. The maximum absolute atomic E-state index is 11.4. The fourth-order valence-corrected chi connectivity index (χ4v) is 2.24. The van der Waals surface area contributed by atoms with Gasteiger partial charge in [-0.2, -0.15) is 0 Å². The molecule has 0 saturated heterocycles. The van der Waals surface area contributed by atoms with Crippen molar-refractivity contribution in [2.24, 2.45) is 4.99 Å². The number of carbonyl (C=O) groups excluding carboxylic acids is 1. The molecule has 0 aliphatic heterocycles. The number of thiocarbonyl (C=S) groups is 1. The molecule has 2 rings (SSSR count). The van der Waals surface area contributed by atoms with Crippen molar-refractivity contribution in [3.05, 3.63) is 60.2 Å². The molecule has 0 aromatic heterocycles. The molecular formula is C19H21N3O3S. The van der Waals surface area contributed by atoms with Crippen LogP contribution in [-0.4, -0.2) is 37.2 Å². The van der Waals surface area contributed by atoms with Crippen molar-refractivity contribution < 1.29 is 14.3 Å². The topological polar surface area (TPSA) is 72.0 Å². The summed E-state index contributed by atoms with van der Waals surface area (Å²) >= 11 is 5.22. The van der Waals surface area contributed by atoms with E-state index in [0.717, 1.165) is 17.0 Å². The van der Waals surface area contributed by atoms with E-state index in [0.29, 0.717) is 12.4 Å². The average molecular weight is 371 g/mol. The molecular weight excluding hydrogens is 350 g/mol. The summed E-state index contributed by atoms with van der Waals surface area (Å²) in [5, 5.41) is 6.21. The summed E-state index contributed by atoms with van der Waals surface area (Å²) in [5.41, 5.74) is 1.70. The number of benzene rings is 2. The van der Waals surface area contributed by atoms with Crippen molar-refractivity contribution >= 4 is 34.8 Å². The van der Waals surface area contributed by atoms with Gasteiger partial charge < -0.3 is 20.1 Å². The molecule has 0 amide bonds. The highest BCUT2D eigenvalue weighted by Crippen LogP contribution is 2.16. The van der Waals surface area contributed by atoms with Crippen LogP contribution in [0.1, 0.15) is 12.5 Å². The number of carbonyl (C=O) groups is 1. The first-order chi connectivity index (χ1) is 12.6. The van der Waals surface area contributed by atoms with Crippen molar-refractivity contribution in [1.82, 2.24) is 5.32 Å². The number of hydrogen-bond donors (Lipinski definition) is 2. The van der Waals surface area contributed by atoms with Crippen LogP contribution in [0.25, 0.3) is 0 Å². The van der Waals surface area contributed by atoms with Crippen LogP contribution in [-0.2, 0) is 9.53 Å². The van der Waals surface area contributed by atoms with E-state index >= 15 is 0 Å². The van der Waals surface area contributed by atoms with Gasteiger partial charge in [0.05, 0.1) is 13.7 Å². The van der Waals surface area contributed by atoms with E-state index in [2.05, 4.69) is 15.6 Å². The molecule has 136 valence electrons. The van der Waals surface area contributed by atoms with Gasteiger partial charge in [0.15, 0.2) is 5.11 Å². The predicted octanol–water partition coefficient (Wildman–Crippen LogP) is 2.99. The lowest BCUT2D eigenvalue weighted by Gasteiger charge is -2.12. The number of esters is 1. The molecule has 0 heterocycles. The zero-order chi connectivity index (χ0) is 18.8. The zero-order valence-electron chi connectivity index (χ0n) is 14.7. The predicted molar refractivity (Wildman–Crippen MR) is 107 cm³/mol. The third-order valence-electron chi connectivity index (χ3n) is 3.30. The summed E-state index contributed by atoms with van der Waals surface area (Å²) in [4.78, 5) is 15.8. The van der Waals surface area contributed by atoms with Crippen LogP contribution in [0.2, 0.25) is 0 Å². The Balaban J connectivity index is 2.15. The van der Waals surface area contributed by atoms with E-state index in [-0.39, 0.29) is 17.6 Å². The van der Waals surface area contributed by atoms with Gasteiger partial charge in [-0.05, 0) is 43.4 Å². The molecule has 0 atom stereocenters. The van der Waals surface area contributed by atoms with Gasteiger partial charge in [-0.3, -0.25) is 4.79 Å². The summed E-state index contributed by atoms with van der Waals surface area (Å²) in [5.74, 6) is 0.951. The number of amidine groups is 1. The smallest absolute Gasteiger partial charge is 0.325 e. The molecule has 0 saturated carbocycles. The van der Waals surface area contributed by atoms with Crippen LogP contribution in [0.3, 0.4) is 0 Å². The van der Waals surface area contributed by atoms with E-state index in [1.807, 2.05) is 54.6 Å². The number of ether oxygens (including phenoxy) is 2. The SMILES string of the molecule is CCOC(=O)CNC(=S)/N=C(\Nc1ccc(OC)cc1)c1ccccc1. The van der Waals surface area contributed by atoms with Crippen LogP contribution in [0, 0.1) is 0 Å². The Morgan fingerprint density at radius 3 is 2.42 bits per heavy atom. The highest BCUT2D eigenvalue weighted by Gasteiger charge is 2.07. The Morgan fingerprint density at radius 2 is 1.81 bits per heavy atom. The maximum Gasteiger partial charge on any atom is 0.325 e. The summed E-state index contributed by atoms with van der Waals surface area (Å²) in [6.07, 6.45) is 0. The fourth-order valence-electron chi connectivity index (χ4n) is 2.07. The third-order valence-corrected chi connectivity index (χ3v) is 3.54. The Bertz CT molecular complexity index is 761. The molecule has 2 aromatic rings. The standard InChI is InChI=1S/C19H21N3O3S/c1-3-25-17(23)13-20-19(26)22-18(14-7-5-4-6-8-14)21-15-9-11-16(24-2)12-10-15/h4-12H,3,13H2,1-2H3,(H2,20,21,22,26). The molecule has 7 heteroatoms. The van der Waals surface area contributed by atoms with Crippen LogP contribution in [0.4, 0.5) is 5.69 Å². The minimum Gasteiger partial charge on any atom is -0.497 e. The minimum absolute atomic E-state index is 0.0270. The third kappa shape index (κ3) is 6.18. The Hall–Kier alpha value is -2.93. The molecule has 0 spiro atoms. The largest absolute Gasteiger partial charge is 0.497 e. The van der Waals surface area contributed by atoms with Crippen molar-refractivity contribution in [2.45, 2.75) is 6.92 Å². The second-order valence-electron chi connectivity index (χ2n) is 5.14. The number of methoxy groups -OCH3 is 1. The van der Waals surface area contributed by atoms with Crippen LogP contribution in [0.15, 0.2) is 59.6 Å². The van der Waals surface area contributed by atoms with Gasteiger partial charge in [0.1, 0.15) is 18.1 Å². The average Bonchev–Trinajstić information content (AvgIpc) is 2.67. The lowest BCUT2D eigenvalue weighted by Crippen LogP contribution is -2.30. The van der Waals surface area contributed by atoms with Gasteiger partial charge in [0.25, 0.3) is 0 Å². The highest BCUT2D eigenvalue weighted by molar-refractivity contribution is 7.80. The zero-order valence-corrected chi connectivity index (χ0v) is 15.5. The normalized spacial score (nSPS) is 10.8. The Labute approximate surface area is 158 Å². The first-order valence-corrected chi connectivity index (χ1v) is 8.52. The minimum atomic E-state index is -0.380. The number of rotatable bonds is 6. The number of nitrogens with one attached hydrogen (secondary N) is 2. The highest BCUT2D eigenvalue weighted by atomic mass is 32.1. The van der Waals surface area contributed by atoms with Gasteiger partial charge in [0.2, 0.25) is 0 Å². The summed E-state index contributed by atoms with van der Waals surface area (Å²) in [6.45, 7) is 2.05. The lowest BCUT2D eigenvalue weighted by molar-refractivity contribution is -0.141. The van der Waals surface area contributed by atoms with Crippen molar-refractivity contribution in [2.75, 3.05) is 25.6 Å². The van der Waals surface area contributed by atoms with Gasteiger partial charge in [-0.1, -0.05) is 30.3 Å². The molecule has 6 nitrogen and oxygen atoms in total. The van der Waals surface area contributed by atoms with Gasteiger partial charge in [0, 0.05) is 11.3 Å². The summed E-state index contributed by atoms with van der Waals surface area (Å²) in [7, 11) is 1.62. The van der Waals surface area contributed by atoms with Crippen molar-refractivity contribution in [1.29, 1.82) is 0 Å². The van der Waals surface area contributed by atoms with Crippen LogP contribution < -0.4 is 15.4 Å². The number of nitrogens with zero attached hydrogens (tertiary/aromatic N) is 1. The van der Waals surface area contributed by atoms with E-state index < -0.39 is 0 Å². The number of hydrogen-bond acceptors (Lipinski definition) is 4. The molecule has 0 radical (unpaired) electrons. The van der Waals surface area contributed by atoms with Crippen LogP contribution in [0.5, 0.6) is 5.75 Å². The van der Waals surface area contributed by atoms with Gasteiger partial charge in [-0.15, -0.1) is 0 Å². The molecule has 0 bridgehead atoms. The number of aliphatic imine (C=N–C) groups is 1. The van der Waals surface area contributed by atoms with Crippen molar-refractivity contribution in [3.63, 3.8) is 0 Å². The molecule has 0 aliphatic rings. The molecule has 2 aromatic carbocycles. The molecule has 0 aliphatic carbocycles. The Kier molecular flexibility index (Phi) is 7.57. The molecule has 2 N–H and O–H groups in total. The fraction of sp³-hybridized carbons (Fsp3) is 0.211. The Morgan fingerprint density at radius 1 is 1.12 bits per heavy atom. The van der Waals surface area contributed by atoms with E-state index in [9.17, 15) is 4.79 Å². The number of anilines is 1. The summed E-state index contributed by atoms with van der Waals surface area (Å²) in [6, 6.07) is 17.0. The van der Waals surface area contributed by atoms with Gasteiger partial charge in [-0.25, -0.2) is 4.99 Å². The lowest BCUT2D eigenvalue weighted by atomic mass is 10.2. The monoisotopic (exact) mass is 371 g/mol. The van der Waals surface area contributed by atoms with E-state index in [1.54, 1.807) is 14.0 Å². The summed E-state index contributed by atoms with van der Waals surface area (Å²) < 4.78 is 10.0. The second-order valence-corrected chi connectivity index (χ2v) is 5.53. The first-order valence-electron chi connectivity index (χ1n) is 8.11. The van der Waals surface area contributed by atoms with Crippen LogP contribution >= 0.6 is 12.2 Å². The maximum atomic E-state index is 11.4.